The van der Waals surface area contributed by atoms with E-state index >= 15 is 0 Å². The lowest BCUT2D eigenvalue weighted by Gasteiger charge is -2.29. The summed E-state index contributed by atoms with van der Waals surface area (Å²) in [5, 5.41) is 3.67. The van der Waals surface area contributed by atoms with Crippen LogP contribution in [0.5, 0.6) is 11.5 Å². The van der Waals surface area contributed by atoms with Crippen molar-refractivity contribution in [3.63, 3.8) is 0 Å². The van der Waals surface area contributed by atoms with Gasteiger partial charge in [-0.15, -0.1) is 0 Å². The van der Waals surface area contributed by atoms with Gasteiger partial charge in [0.25, 0.3) is 0 Å². The SMILES string of the molecule is CCOc1cccc(CC2(CC)CCCN2)c1OC. The molecular formula is C16H25NO2. The Morgan fingerprint density at radius 2 is 2.16 bits per heavy atom. The zero-order valence-electron chi connectivity index (χ0n) is 12.3. The summed E-state index contributed by atoms with van der Waals surface area (Å²) in [5.74, 6) is 1.75. The molecule has 3 nitrogen and oxygen atoms in total. The smallest absolute Gasteiger partial charge is 0.163 e. The van der Waals surface area contributed by atoms with Crippen molar-refractivity contribution in [2.24, 2.45) is 0 Å². The Hall–Kier alpha value is -1.22. The second-order valence-electron chi connectivity index (χ2n) is 5.22. The Bertz CT molecular complexity index is 411. The third-order valence-electron chi connectivity index (χ3n) is 4.10. The second kappa shape index (κ2) is 6.29. The highest BCUT2D eigenvalue weighted by Gasteiger charge is 2.32. The maximum Gasteiger partial charge on any atom is 0.163 e. The molecular weight excluding hydrogens is 238 g/mol. The molecule has 1 heterocycles. The van der Waals surface area contributed by atoms with Crippen molar-refractivity contribution in [2.75, 3.05) is 20.3 Å². The van der Waals surface area contributed by atoms with Crippen LogP contribution in [0, 0.1) is 0 Å². The zero-order valence-corrected chi connectivity index (χ0v) is 12.3. The van der Waals surface area contributed by atoms with Gasteiger partial charge in [0.1, 0.15) is 0 Å². The molecule has 106 valence electrons. The van der Waals surface area contributed by atoms with Crippen LogP contribution in [-0.2, 0) is 6.42 Å². The monoisotopic (exact) mass is 263 g/mol. The largest absolute Gasteiger partial charge is 0.493 e. The molecule has 19 heavy (non-hydrogen) atoms. The summed E-state index contributed by atoms with van der Waals surface area (Å²) in [6, 6.07) is 6.19. The van der Waals surface area contributed by atoms with E-state index in [0.29, 0.717) is 6.61 Å². The highest BCUT2D eigenvalue weighted by molar-refractivity contribution is 5.47. The van der Waals surface area contributed by atoms with Crippen LogP contribution in [0.4, 0.5) is 0 Å². The summed E-state index contributed by atoms with van der Waals surface area (Å²) in [7, 11) is 1.72. The normalized spacial score (nSPS) is 22.5. The number of hydrogen-bond donors (Lipinski definition) is 1. The van der Waals surface area contributed by atoms with Crippen molar-refractivity contribution in [2.45, 2.75) is 45.1 Å². The summed E-state index contributed by atoms with van der Waals surface area (Å²) >= 11 is 0. The van der Waals surface area contributed by atoms with Gasteiger partial charge in [-0.1, -0.05) is 19.1 Å². The van der Waals surface area contributed by atoms with E-state index in [2.05, 4.69) is 24.4 Å². The Labute approximate surface area is 116 Å². The highest BCUT2D eigenvalue weighted by atomic mass is 16.5. The summed E-state index contributed by atoms with van der Waals surface area (Å²) in [6.45, 7) is 6.05. The minimum Gasteiger partial charge on any atom is -0.493 e. The number of methoxy groups -OCH3 is 1. The van der Waals surface area contributed by atoms with Crippen molar-refractivity contribution >= 4 is 0 Å². The van der Waals surface area contributed by atoms with Gasteiger partial charge in [0.15, 0.2) is 11.5 Å². The minimum absolute atomic E-state index is 0.234. The topological polar surface area (TPSA) is 30.5 Å². The Morgan fingerprint density at radius 1 is 1.32 bits per heavy atom. The van der Waals surface area contributed by atoms with E-state index in [-0.39, 0.29) is 5.54 Å². The number of hydrogen-bond acceptors (Lipinski definition) is 3. The van der Waals surface area contributed by atoms with Crippen LogP contribution in [0.1, 0.15) is 38.7 Å². The molecule has 1 aromatic rings. The highest BCUT2D eigenvalue weighted by Crippen LogP contribution is 2.36. The van der Waals surface area contributed by atoms with Crippen molar-refractivity contribution in [1.29, 1.82) is 0 Å². The van der Waals surface area contributed by atoms with Crippen LogP contribution >= 0.6 is 0 Å². The molecule has 0 bridgehead atoms. The lowest BCUT2D eigenvalue weighted by Crippen LogP contribution is -2.41. The summed E-state index contributed by atoms with van der Waals surface area (Å²) in [4.78, 5) is 0. The summed E-state index contributed by atoms with van der Waals surface area (Å²) < 4.78 is 11.2. The van der Waals surface area contributed by atoms with Crippen LogP contribution in [-0.4, -0.2) is 25.8 Å². The van der Waals surface area contributed by atoms with E-state index in [1.54, 1.807) is 7.11 Å². The van der Waals surface area contributed by atoms with Gasteiger partial charge in [-0.25, -0.2) is 0 Å². The van der Waals surface area contributed by atoms with Crippen LogP contribution < -0.4 is 14.8 Å². The molecule has 1 aromatic carbocycles. The fourth-order valence-corrected chi connectivity index (χ4v) is 3.01. The van der Waals surface area contributed by atoms with Gasteiger partial charge in [-0.3, -0.25) is 0 Å². The van der Waals surface area contributed by atoms with E-state index in [1.165, 1.54) is 18.4 Å². The van der Waals surface area contributed by atoms with Crippen LogP contribution in [0.25, 0.3) is 0 Å². The molecule has 1 N–H and O–H groups in total. The standard InChI is InChI=1S/C16H25NO2/c1-4-16(10-7-11-17-16)12-13-8-6-9-14(19-5-2)15(13)18-3/h6,8-9,17H,4-5,7,10-12H2,1-3H3. The molecule has 0 amide bonds. The van der Waals surface area contributed by atoms with Crippen molar-refractivity contribution in [1.82, 2.24) is 5.32 Å². The molecule has 1 atom stereocenters. The first-order valence-corrected chi connectivity index (χ1v) is 7.28. The predicted molar refractivity (Wildman–Crippen MR) is 78.1 cm³/mol. The van der Waals surface area contributed by atoms with E-state index in [1.807, 2.05) is 13.0 Å². The quantitative estimate of drug-likeness (QED) is 0.855. The zero-order chi connectivity index (χ0) is 13.7. The second-order valence-corrected chi connectivity index (χ2v) is 5.22. The average molecular weight is 263 g/mol. The fourth-order valence-electron chi connectivity index (χ4n) is 3.01. The van der Waals surface area contributed by atoms with Gasteiger partial charge in [0.2, 0.25) is 0 Å². The maximum atomic E-state index is 5.65. The molecule has 0 radical (unpaired) electrons. The molecule has 1 unspecified atom stereocenters. The van der Waals surface area contributed by atoms with Gasteiger partial charge in [-0.05, 0) is 50.8 Å². The van der Waals surface area contributed by atoms with E-state index in [0.717, 1.165) is 30.9 Å². The molecule has 1 saturated heterocycles. The number of ether oxygens (including phenoxy) is 2. The molecule has 0 spiro atoms. The molecule has 0 aromatic heterocycles. The lowest BCUT2D eigenvalue weighted by atomic mass is 9.86. The summed E-state index contributed by atoms with van der Waals surface area (Å²) in [5.41, 5.74) is 1.47. The van der Waals surface area contributed by atoms with Crippen molar-refractivity contribution < 1.29 is 9.47 Å². The van der Waals surface area contributed by atoms with E-state index in [9.17, 15) is 0 Å². The molecule has 0 saturated carbocycles. The first-order valence-electron chi connectivity index (χ1n) is 7.28. The molecule has 1 aliphatic heterocycles. The van der Waals surface area contributed by atoms with Gasteiger partial charge < -0.3 is 14.8 Å². The predicted octanol–water partition coefficient (Wildman–Crippen LogP) is 3.17. The van der Waals surface area contributed by atoms with Crippen LogP contribution in [0.15, 0.2) is 18.2 Å². The Balaban J connectivity index is 2.26. The maximum absolute atomic E-state index is 5.65. The third kappa shape index (κ3) is 3.03. The van der Waals surface area contributed by atoms with Crippen molar-refractivity contribution in [3.05, 3.63) is 23.8 Å². The minimum atomic E-state index is 0.234. The van der Waals surface area contributed by atoms with Crippen LogP contribution in [0.3, 0.4) is 0 Å². The number of benzene rings is 1. The van der Waals surface area contributed by atoms with E-state index in [4.69, 9.17) is 9.47 Å². The Kier molecular flexibility index (Phi) is 4.70. The summed E-state index contributed by atoms with van der Waals surface area (Å²) in [6.07, 6.45) is 4.66. The molecule has 1 fully saturated rings. The molecule has 1 aliphatic rings. The Morgan fingerprint density at radius 3 is 2.74 bits per heavy atom. The first-order chi connectivity index (χ1) is 9.24. The van der Waals surface area contributed by atoms with Gasteiger partial charge >= 0.3 is 0 Å². The number of para-hydroxylation sites is 1. The first kappa shape index (κ1) is 14.2. The van der Waals surface area contributed by atoms with Gasteiger partial charge in [-0.2, -0.15) is 0 Å². The average Bonchev–Trinajstić information content (AvgIpc) is 2.89. The molecule has 2 rings (SSSR count). The number of nitrogens with one attached hydrogen (secondary N) is 1. The molecule has 0 aliphatic carbocycles. The van der Waals surface area contributed by atoms with Gasteiger partial charge in [0, 0.05) is 5.54 Å². The molecule has 3 heteroatoms. The van der Waals surface area contributed by atoms with E-state index < -0.39 is 0 Å². The third-order valence-corrected chi connectivity index (χ3v) is 4.10. The number of rotatable bonds is 6. The fraction of sp³-hybridized carbons (Fsp3) is 0.625. The lowest BCUT2D eigenvalue weighted by molar-refractivity contribution is 0.303. The van der Waals surface area contributed by atoms with Crippen LogP contribution in [0.2, 0.25) is 0 Å². The van der Waals surface area contributed by atoms with Gasteiger partial charge in [0.05, 0.1) is 13.7 Å². The van der Waals surface area contributed by atoms with Crippen molar-refractivity contribution in [3.8, 4) is 11.5 Å².